The van der Waals surface area contributed by atoms with E-state index in [9.17, 15) is 9.59 Å². The second kappa shape index (κ2) is 8.04. The van der Waals surface area contributed by atoms with Crippen LogP contribution < -0.4 is 10.2 Å². The summed E-state index contributed by atoms with van der Waals surface area (Å²) in [6.45, 7) is 2.04. The number of rotatable bonds is 4. The Kier molecular flexibility index (Phi) is 6.06. The minimum Gasteiger partial charge on any atom is -0.449 e. The van der Waals surface area contributed by atoms with Crippen LogP contribution in [0.3, 0.4) is 0 Å². The third kappa shape index (κ3) is 4.19. The Morgan fingerprint density at radius 1 is 1.12 bits per heavy atom. The first-order valence-corrected chi connectivity index (χ1v) is 7.95. The molecule has 0 atom stereocenters. The predicted molar refractivity (Wildman–Crippen MR) is 96.3 cm³/mol. The first-order chi connectivity index (χ1) is 11.4. The number of carbonyl (C=O) groups is 2. The highest BCUT2D eigenvalue weighted by molar-refractivity contribution is 6.44. The third-order valence-corrected chi connectivity index (χ3v) is 4.07. The van der Waals surface area contributed by atoms with E-state index in [1.165, 1.54) is 4.90 Å². The molecule has 0 aliphatic carbocycles. The molecule has 24 heavy (non-hydrogen) atoms. The van der Waals surface area contributed by atoms with E-state index in [4.69, 9.17) is 27.9 Å². The van der Waals surface area contributed by atoms with Crippen LogP contribution in [0.2, 0.25) is 10.0 Å². The van der Waals surface area contributed by atoms with Gasteiger partial charge < -0.3 is 10.1 Å². The second-order valence-electron chi connectivity index (χ2n) is 4.86. The number of nitrogens with zero attached hydrogens (tertiary/aromatic N) is 1. The molecule has 1 N–H and O–H groups in total. The number of hydrogen-bond donors (Lipinski definition) is 1. The van der Waals surface area contributed by atoms with E-state index < -0.39 is 6.09 Å². The fraction of sp³-hybridized carbons (Fsp3) is 0.176. The lowest BCUT2D eigenvalue weighted by molar-refractivity contribution is 0.102. The summed E-state index contributed by atoms with van der Waals surface area (Å²) in [5.41, 5.74) is 1.50. The smallest absolute Gasteiger partial charge is 0.413 e. The van der Waals surface area contributed by atoms with Gasteiger partial charge in [0.1, 0.15) is 0 Å². The van der Waals surface area contributed by atoms with Crippen molar-refractivity contribution >= 4 is 46.6 Å². The number of benzene rings is 2. The normalized spacial score (nSPS) is 10.2. The highest BCUT2D eigenvalue weighted by Crippen LogP contribution is 2.26. The molecular weight excluding hydrogens is 351 g/mol. The number of amides is 2. The van der Waals surface area contributed by atoms with Crippen LogP contribution in [0, 0.1) is 0 Å². The van der Waals surface area contributed by atoms with Crippen molar-refractivity contribution in [1.29, 1.82) is 0 Å². The Hall–Kier alpha value is -2.24. The van der Waals surface area contributed by atoms with Crippen LogP contribution in [0.1, 0.15) is 17.3 Å². The maximum Gasteiger partial charge on any atom is 0.413 e. The number of nitrogens with one attached hydrogen (secondary N) is 1. The number of anilines is 2. The molecule has 2 amide bonds. The fourth-order valence-corrected chi connectivity index (χ4v) is 2.36. The van der Waals surface area contributed by atoms with E-state index in [1.807, 2.05) is 0 Å². The zero-order valence-corrected chi connectivity index (χ0v) is 14.7. The van der Waals surface area contributed by atoms with Crippen molar-refractivity contribution in [2.24, 2.45) is 0 Å². The van der Waals surface area contributed by atoms with Crippen LogP contribution in [0.25, 0.3) is 0 Å². The van der Waals surface area contributed by atoms with Gasteiger partial charge in [0.25, 0.3) is 5.91 Å². The molecule has 0 saturated heterocycles. The summed E-state index contributed by atoms with van der Waals surface area (Å²) in [6, 6.07) is 11.6. The zero-order valence-electron chi connectivity index (χ0n) is 13.2. The largest absolute Gasteiger partial charge is 0.449 e. The highest BCUT2D eigenvalue weighted by Gasteiger charge is 2.14. The summed E-state index contributed by atoms with van der Waals surface area (Å²) in [5, 5.41) is 3.25. The first kappa shape index (κ1) is 18.1. The Morgan fingerprint density at radius 2 is 1.79 bits per heavy atom. The van der Waals surface area contributed by atoms with Gasteiger partial charge in [-0.3, -0.25) is 9.69 Å². The molecule has 2 rings (SSSR count). The maximum atomic E-state index is 12.3. The van der Waals surface area contributed by atoms with E-state index >= 15 is 0 Å². The number of halogens is 2. The number of carbonyl (C=O) groups excluding carboxylic acids is 2. The topological polar surface area (TPSA) is 58.6 Å². The van der Waals surface area contributed by atoms with Gasteiger partial charge in [-0.05, 0) is 43.3 Å². The van der Waals surface area contributed by atoms with Crippen molar-refractivity contribution < 1.29 is 14.3 Å². The van der Waals surface area contributed by atoms with Crippen molar-refractivity contribution in [2.45, 2.75) is 6.92 Å². The fourth-order valence-electron chi connectivity index (χ4n) is 1.97. The molecule has 0 unspecified atom stereocenters. The predicted octanol–water partition coefficient (Wildman–Crippen LogP) is 4.84. The molecule has 0 radical (unpaired) electrons. The van der Waals surface area contributed by atoms with Gasteiger partial charge in [0.15, 0.2) is 0 Å². The summed E-state index contributed by atoms with van der Waals surface area (Å²) >= 11 is 11.9. The van der Waals surface area contributed by atoms with Gasteiger partial charge in [-0.2, -0.15) is 0 Å². The Labute approximate surface area is 150 Å². The monoisotopic (exact) mass is 366 g/mol. The van der Waals surface area contributed by atoms with Crippen LogP contribution >= 0.6 is 23.2 Å². The SMILES string of the molecule is CCOC(=O)N(C)c1ccc(NC(=O)c2cccc(Cl)c2Cl)cc1. The zero-order chi connectivity index (χ0) is 17.7. The average molecular weight is 367 g/mol. The van der Waals surface area contributed by atoms with Crippen molar-refractivity contribution in [3.8, 4) is 0 Å². The summed E-state index contributed by atoms with van der Waals surface area (Å²) in [5.74, 6) is -0.367. The highest BCUT2D eigenvalue weighted by atomic mass is 35.5. The van der Waals surface area contributed by atoms with Crippen LogP contribution in [-0.2, 0) is 4.74 Å². The van der Waals surface area contributed by atoms with Crippen molar-refractivity contribution in [1.82, 2.24) is 0 Å². The molecule has 0 aromatic heterocycles. The Morgan fingerprint density at radius 3 is 2.42 bits per heavy atom. The minimum absolute atomic E-state index is 0.204. The van der Waals surface area contributed by atoms with Crippen LogP contribution in [0.15, 0.2) is 42.5 Å². The summed E-state index contributed by atoms with van der Waals surface area (Å²) in [7, 11) is 1.61. The maximum absolute atomic E-state index is 12.3. The molecule has 7 heteroatoms. The lowest BCUT2D eigenvalue weighted by Crippen LogP contribution is -2.26. The average Bonchev–Trinajstić information content (AvgIpc) is 2.57. The van der Waals surface area contributed by atoms with Gasteiger partial charge in [0, 0.05) is 18.4 Å². The summed E-state index contributed by atoms with van der Waals surface area (Å²) in [4.78, 5) is 25.3. The molecule has 0 aliphatic heterocycles. The third-order valence-electron chi connectivity index (χ3n) is 3.25. The Balaban J connectivity index is 2.10. The second-order valence-corrected chi connectivity index (χ2v) is 5.65. The molecular formula is C17H16Cl2N2O3. The van der Waals surface area contributed by atoms with Crippen molar-refractivity contribution in [3.63, 3.8) is 0 Å². The van der Waals surface area contributed by atoms with E-state index in [2.05, 4.69) is 5.32 Å². The molecule has 0 fully saturated rings. The molecule has 0 heterocycles. The summed E-state index contributed by atoms with van der Waals surface area (Å²) in [6.07, 6.45) is -0.444. The van der Waals surface area contributed by atoms with Gasteiger partial charge in [-0.1, -0.05) is 29.3 Å². The molecule has 0 spiro atoms. The number of ether oxygens (including phenoxy) is 1. The van der Waals surface area contributed by atoms with E-state index in [0.29, 0.717) is 23.0 Å². The van der Waals surface area contributed by atoms with E-state index in [0.717, 1.165) is 0 Å². The molecule has 2 aromatic carbocycles. The molecule has 126 valence electrons. The minimum atomic E-state index is -0.444. The lowest BCUT2D eigenvalue weighted by Gasteiger charge is -2.17. The lowest BCUT2D eigenvalue weighted by atomic mass is 10.2. The van der Waals surface area contributed by atoms with Gasteiger partial charge in [-0.25, -0.2) is 4.79 Å². The molecule has 0 aliphatic rings. The quantitative estimate of drug-likeness (QED) is 0.841. The van der Waals surface area contributed by atoms with Crippen LogP contribution in [-0.4, -0.2) is 25.7 Å². The molecule has 0 saturated carbocycles. The summed E-state index contributed by atoms with van der Waals surface area (Å²) < 4.78 is 4.93. The van der Waals surface area contributed by atoms with E-state index in [-0.39, 0.29) is 16.5 Å². The van der Waals surface area contributed by atoms with Gasteiger partial charge >= 0.3 is 6.09 Å². The van der Waals surface area contributed by atoms with Gasteiger partial charge in [-0.15, -0.1) is 0 Å². The molecule has 5 nitrogen and oxygen atoms in total. The molecule has 0 bridgehead atoms. The van der Waals surface area contributed by atoms with Crippen molar-refractivity contribution in [2.75, 3.05) is 23.9 Å². The molecule has 2 aromatic rings. The van der Waals surface area contributed by atoms with E-state index in [1.54, 1.807) is 56.4 Å². The standard InChI is InChI=1S/C17H16Cl2N2O3/c1-3-24-17(23)21(2)12-9-7-11(8-10-12)20-16(22)13-5-4-6-14(18)15(13)19/h4-10H,3H2,1-2H3,(H,20,22). The van der Waals surface area contributed by atoms with Gasteiger partial charge in [0.05, 0.1) is 22.2 Å². The Bertz CT molecular complexity index is 748. The van der Waals surface area contributed by atoms with Crippen LogP contribution in [0.4, 0.5) is 16.2 Å². The van der Waals surface area contributed by atoms with Crippen LogP contribution in [0.5, 0.6) is 0 Å². The first-order valence-electron chi connectivity index (χ1n) is 7.20. The van der Waals surface area contributed by atoms with Crippen molar-refractivity contribution in [3.05, 3.63) is 58.1 Å². The number of hydrogen-bond acceptors (Lipinski definition) is 3. The van der Waals surface area contributed by atoms with Gasteiger partial charge in [0.2, 0.25) is 0 Å².